The van der Waals surface area contributed by atoms with E-state index in [0.717, 1.165) is 5.69 Å². The fraction of sp³-hybridized carbons (Fsp3) is 0.250. The van der Waals surface area contributed by atoms with Crippen LogP contribution in [-0.4, -0.2) is 48.1 Å². The zero-order valence-corrected chi connectivity index (χ0v) is 20.1. The number of hydrogen-bond donors (Lipinski definition) is 1. The van der Waals surface area contributed by atoms with Crippen molar-refractivity contribution in [2.24, 2.45) is 0 Å². The molecule has 0 bridgehead atoms. The van der Waals surface area contributed by atoms with Crippen molar-refractivity contribution in [3.05, 3.63) is 63.7 Å². The van der Waals surface area contributed by atoms with Crippen LogP contribution in [0.4, 0.5) is 17.2 Å². The molecule has 12 nitrogen and oxygen atoms in total. The normalized spacial score (nSPS) is 10.2. The largest absolute Gasteiger partial charge is 0.465 e. The van der Waals surface area contributed by atoms with E-state index in [0.29, 0.717) is 16.9 Å². The standard InChI is InChI=1S/C24H24N6O6/c1-5-34-20(31)14-26-22-21(30(32)33)23(35-19-10-9-16(13-25)15(2)11-19)28-24(27-22)36-18-8-6-7-17(12-18)29(3)4/h6-12H,5,14H2,1-4H3,(H,26,27,28). The third-order valence-electron chi connectivity index (χ3n) is 4.80. The highest BCUT2D eigenvalue weighted by atomic mass is 16.6. The van der Waals surface area contributed by atoms with Crippen molar-refractivity contribution in [3.8, 4) is 29.5 Å². The molecule has 0 aliphatic carbocycles. The maximum absolute atomic E-state index is 12.0. The summed E-state index contributed by atoms with van der Waals surface area (Å²) in [4.78, 5) is 33.2. The second-order valence-electron chi connectivity index (χ2n) is 7.61. The number of nitrogens with one attached hydrogen (secondary N) is 1. The first-order chi connectivity index (χ1) is 17.2. The summed E-state index contributed by atoms with van der Waals surface area (Å²) in [6.07, 6.45) is 0. The third kappa shape index (κ3) is 6.35. The average Bonchev–Trinajstić information content (AvgIpc) is 2.83. The minimum Gasteiger partial charge on any atom is -0.465 e. The first-order valence-electron chi connectivity index (χ1n) is 10.8. The number of aryl methyl sites for hydroxylation is 1. The molecule has 0 aliphatic heterocycles. The monoisotopic (exact) mass is 492 g/mol. The predicted molar refractivity (Wildman–Crippen MR) is 131 cm³/mol. The number of rotatable bonds is 10. The van der Waals surface area contributed by atoms with Crippen molar-refractivity contribution in [2.45, 2.75) is 13.8 Å². The molecule has 0 fully saturated rings. The van der Waals surface area contributed by atoms with Gasteiger partial charge in [-0.3, -0.25) is 14.9 Å². The molecule has 0 atom stereocenters. The van der Waals surface area contributed by atoms with Gasteiger partial charge in [-0.1, -0.05) is 6.07 Å². The molecular formula is C24H24N6O6. The van der Waals surface area contributed by atoms with Gasteiger partial charge < -0.3 is 24.4 Å². The zero-order chi connectivity index (χ0) is 26.2. The van der Waals surface area contributed by atoms with Gasteiger partial charge in [-0.25, -0.2) is 0 Å². The van der Waals surface area contributed by atoms with Gasteiger partial charge in [-0.15, -0.1) is 0 Å². The van der Waals surface area contributed by atoms with E-state index < -0.39 is 22.5 Å². The Bertz CT molecular complexity index is 1320. The SMILES string of the molecule is CCOC(=O)CNc1nc(Oc2cccc(N(C)C)c2)nc(Oc2ccc(C#N)c(C)c2)c1[N+](=O)[O-]. The highest BCUT2D eigenvalue weighted by Crippen LogP contribution is 2.38. The number of hydrogen-bond acceptors (Lipinski definition) is 11. The first-order valence-corrected chi connectivity index (χ1v) is 10.8. The van der Waals surface area contributed by atoms with Crippen molar-refractivity contribution in [1.82, 2.24) is 9.97 Å². The van der Waals surface area contributed by atoms with Crippen LogP contribution in [0.1, 0.15) is 18.1 Å². The molecule has 1 heterocycles. The van der Waals surface area contributed by atoms with Gasteiger partial charge in [0.15, 0.2) is 0 Å². The molecule has 0 spiro atoms. The van der Waals surface area contributed by atoms with E-state index in [2.05, 4.69) is 15.3 Å². The van der Waals surface area contributed by atoms with Crippen LogP contribution in [0.25, 0.3) is 0 Å². The Kier molecular flexibility index (Phi) is 8.19. The maximum atomic E-state index is 12.0. The molecular weight excluding hydrogens is 468 g/mol. The van der Waals surface area contributed by atoms with Crippen molar-refractivity contribution in [1.29, 1.82) is 5.26 Å². The fourth-order valence-corrected chi connectivity index (χ4v) is 3.05. The lowest BCUT2D eigenvalue weighted by Crippen LogP contribution is -2.18. The molecule has 0 aliphatic rings. The molecule has 3 aromatic rings. The summed E-state index contributed by atoms with van der Waals surface area (Å²) in [6, 6.07) is 13.4. The maximum Gasteiger partial charge on any atom is 0.373 e. The van der Waals surface area contributed by atoms with Crippen LogP contribution in [0.5, 0.6) is 23.4 Å². The lowest BCUT2D eigenvalue weighted by atomic mass is 10.1. The van der Waals surface area contributed by atoms with Crippen molar-refractivity contribution < 1.29 is 23.9 Å². The molecule has 0 saturated heterocycles. The molecule has 1 N–H and O–H groups in total. The molecule has 12 heteroatoms. The highest BCUT2D eigenvalue weighted by molar-refractivity contribution is 5.76. The number of carbonyl (C=O) groups excluding carboxylic acids is 1. The number of aromatic nitrogens is 2. The zero-order valence-electron chi connectivity index (χ0n) is 20.1. The van der Waals surface area contributed by atoms with E-state index in [9.17, 15) is 14.9 Å². The van der Waals surface area contributed by atoms with Crippen LogP contribution in [0, 0.1) is 28.4 Å². The number of anilines is 2. The van der Waals surface area contributed by atoms with E-state index in [1.165, 1.54) is 12.1 Å². The van der Waals surface area contributed by atoms with Crippen LogP contribution in [0.2, 0.25) is 0 Å². The number of nitrogens with zero attached hydrogens (tertiary/aromatic N) is 5. The van der Waals surface area contributed by atoms with Gasteiger partial charge in [0.1, 0.15) is 18.0 Å². The Morgan fingerprint density at radius 3 is 2.56 bits per heavy atom. The van der Waals surface area contributed by atoms with Gasteiger partial charge in [-0.05, 0) is 49.7 Å². The predicted octanol–water partition coefficient (Wildman–Crippen LogP) is 4.19. The molecule has 0 saturated carbocycles. The molecule has 3 rings (SSSR count). The molecule has 1 aromatic heterocycles. The topological polar surface area (TPSA) is 153 Å². The molecule has 0 radical (unpaired) electrons. The summed E-state index contributed by atoms with van der Waals surface area (Å²) in [6.45, 7) is 3.12. The van der Waals surface area contributed by atoms with Gasteiger partial charge >= 0.3 is 23.5 Å². The summed E-state index contributed by atoms with van der Waals surface area (Å²) in [5, 5.41) is 23.7. The highest BCUT2D eigenvalue weighted by Gasteiger charge is 2.28. The minimum absolute atomic E-state index is 0.148. The number of nitriles is 1. The number of ether oxygens (including phenoxy) is 3. The summed E-state index contributed by atoms with van der Waals surface area (Å²) in [7, 11) is 3.73. The van der Waals surface area contributed by atoms with Crippen molar-refractivity contribution in [3.63, 3.8) is 0 Å². The smallest absolute Gasteiger partial charge is 0.373 e. The molecule has 0 amide bonds. The Morgan fingerprint density at radius 1 is 1.17 bits per heavy atom. The number of benzene rings is 2. The Hall–Kier alpha value is -4.92. The minimum atomic E-state index is -0.726. The fourth-order valence-electron chi connectivity index (χ4n) is 3.05. The lowest BCUT2D eigenvalue weighted by molar-refractivity contribution is -0.385. The van der Waals surface area contributed by atoms with Crippen LogP contribution in [0.15, 0.2) is 42.5 Å². The van der Waals surface area contributed by atoms with Gasteiger partial charge in [0, 0.05) is 25.8 Å². The Morgan fingerprint density at radius 2 is 1.92 bits per heavy atom. The summed E-state index contributed by atoms with van der Waals surface area (Å²) >= 11 is 0. The summed E-state index contributed by atoms with van der Waals surface area (Å²) in [5.74, 6) is -0.736. The van der Waals surface area contributed by atoms with Gasteiger partial charge in [0.2, 0.25) is 5.82 Å². The Balaban J connectivity index is 2.06. The van der Waals surface area contributed by atoms with E-state index in [4.69, 9.17) is 19.5 Å². The van der Waals surface area contributed by atoms with E-state index >= 15 is 0 Å². The van der Waals surface area contributed by atoms with Gasteiger partial charge in [-0.2, -0.15) is 15.2 Å². The van der Waals surface area contributed by atoms with Crippen LogP contribution >= 0.6 is 0 Å². The van der Waals surface area contributed by atoms with Gasteiger partial charge in [0.05, 0.1) is 23.2 Å². The summed E-state index contributed by atoms with van der Waals surface area (Å²) in [5.41, 5.74) is 1.29. The average molecular weight is 492 g/mol. The van der Waals surface area contributed by atoms with Gasteiger partial charge in [0.25, 0.3) is 0 Å². The van der Waals surface area contributed by atoms with E-state index in [1.54, 1.807) is 38.1 Å². The van der Waals surface area contributed by atoms with Crippen LogP contribution in [-0.2, 0) is 9.53 Å². The third-order valence-corrected chi connectivity index (χ3v) is 4.80. The second kappa shape index (κ2) is 11.5. The molecule has 0 unspecified atom stereocenters. The second-order valence-corrected chi connectivity index (χ2v) is 7.61. The van der Waals surface area contributed by atoms with Crippen LogP contribution < -0.4 is 19.7 Å². The van der Waals surface area contributed by atoms with Crippen molar-refractivity contribution in [2.75, 3.05) is 37.5 Å². The first kappa shape index (κ1) is 25.7. The molecule has 2 aromatic carbocycles. The van der Waals surface area contributed by atoms with E-state index in [1.807, 2.05) is 31.1 Å². The molecule has 36 heavy (non-hydrogen) atoms. The molecule has 186 valence electrons. The van der Waals surface area contributed by atoms with E-state index in [-0.39, 0.29) is 30.7 Å². The number of carbonyl (C=O) groups is 1. The van der Waals surface area contributed by atoms with Crippen LogP contribution in [0.3, 0.4) is 0 Å². The Labute approximate surface area is 207 Å². The quantitative estimate of drug-likeness (QED) is 0.246. The lowest BCUT2D eigenvalue weighted by Gasteiger charge is -2.14. The number of esters is 1. The van der Waals surface area contributed by atoms with Crippen molar-refractivity contribution >= 4 is 23.2 Å². The number of nitro groups is 1. The summed E-state index contributed by atoms with van der Waals surface area (Å²) < 4.78 is 16.4.